The zero-order chi connectivity index (χ0) is 31.5. The molecular formula is C26H34F3N3O9S. The average Bonchev–Trinajstić information content (AvgIpc) is 3.33. The van der Waals surface area contributed by atoms with Gasteiger partial charge in [-0.25, -0.2) is 8.42 Å². The molecule has 234 valence electrons. The van der Waals surface area contributed by atoms with Crippen LogP contribution in [0, 0.1) is 0 Å². The molecule has 2 N–H and O–H groups in total. The number of ether oxygens (including phenoxy) is 3. The number of aryl methyl sites for hydroxylation is 1. The number of esters is 1. The van der Waals surface area contributed by atoms with Crippen molar-refractivity contribution in [3.63, 3.8) is 0 Å². The maximum atomic E-state index is 14.1. The monoisotopic (exact) mass is 621 g/mol. The van der Waals surface area contributed by atoms with Gasteiger partial charge < -0.3 is 29.2 Å². The largest absolute Gasteiger partial charge is 0.486 e. The summed E-state index contributed by atoms with van der Waals surface area (Å²) in [5.74, 6) is -1.53. The Morgan fingerprint density at radius 1 is 1.26 bits per heavy atom. The molecule has 1 aliphatic heterocycles. The molecule has 2 atom stereocenters. The van der Waals surface area contributed by atoms with Crippen molar-refractivity contribution < 1.29 is 55.6 Å². The Labute approximate surface area is 241 Å². The minimum atomic E-state index is -4.80. The van der Waals surface area contributed by atoms with E-state index < -0.39 is 59.6 Å². The van der Waals surface area contributed by atoms with Crippen molar-refractivity contribution in [1.29, 1.82) is 0 Å². The van der Waals surface area contributed by atoms with E-state index in [1.54, 1.807) is 6.92 Å². The molecule has 0 spiro atoms. The third kappa shape index (κ3) is 7.72. The molecule has 0 saturated heterocycles. The number of nitrogens with zero attached hydrogens (tertiary/aromatic N) is 3. The molecule has 0 saturated carbocycles. The molecule has 1 aromatic carbocycles. The van der Waals surface area contributed by atoms with Crippen molar-refractivity contribution in [2.45, 2.75) is 82.4 Å². The average molecular weight is 622 g/mol. The number of aliphatic hydroxyl groups is 2. The summed E-state index contributed by atoms with van der Waals surface area (Å²) in [4.78, 5) is 23.6. The second-order valence-electron chi connectivity index (χ2n) is 10.3. The quantitative estimate of drug-likeness (QED) is 0.318. The van der Waals surface area contributed by atoms with Crippen LogP contribution in [0.4, 0.5) is 18.9 Å². The zero-order valence-electron chi connectivity index (χ0n) is 23.5. The van der Waals surface area contributed by atoms with Gasteiger partial charge in [0.2, 0.25) is 5.60 Å². The number of ketones is 1. The Morgan fingerprint density at radius 2 is 1.95 bits per heavy atom. The lowest BCUT2D eigenvalue weighted by Crippen LogP contribution is -2.44. The molecule has 12 nitrogen and oxygen atoms in total. The summed E-state index contributed by atoms with van der Waals surface area (Å²) in [7, 11) is -4.46. The molecule has 16 heteroatoms. The van der Waals surface area contributed by atoms with Crippen LogP contribution in [-0.2, 0) is 37.3 Å². The van der Waals surface area contributed by atoms with Crippen molar-refractivity contribution >= 4 is 27.5 Å². The predicted molar refractivity (Wildman–Crippen MR) is 142 cm³/mol. The number of Topliss-reactive ketones (excluding diaryl/α,β-unsaturated/α-hetero) is 1. The van der Waals surface area contributed by atoms with E-state index in [1.165, 1.54) is 36.0 Å². The van der Waals surface area contributed by atoms with Gasteiger partial charge in [-0.3, -0.25) is 13.8 Å². The number of sulfonamides is 1. The molecular weight excluding hydrogens is 587 g/mol. The third-order valence-corrected chi connectivity index (χ3v) is 8.15. The first-order valence-electron chi connectivity index (χ1n) is 13.1. The Bertz CT molecular complexity index is 1390. The lowest BCUT2D eigenvalue weighted by Gasteiger charge is -2.35. The second-order valence-corrected chi connectivity index (χ2v) is 12.1. The van der Waals surface area contributed by atoms with Gasteiger partial charge in [-0.15, -0.1) is 5.10 Å². The highest BCUT2D eigenvalue weighted by atomic mass is 32.2. The number of aliphatic hydroxyl groups excluding tert-OH is 2. The molecule has 42 heavy (non-hydrogen) atoms. The van der Waals surface area contributed by atoms with E-state index in [1.807, 2.05) is 0 Å². The van der Waals surface area contributed by atoms with E-state index in [2.05, 4.69) is 9.84 Å². The lowest BCUT2D eigenvalue weighted by molar-refractivity contribution is -0.257. The summed E-state index contributed by atoms with van der Waals surface area (Å²) in [6, 6.07) is 4.09. The number of hydrogen-bond acceptors (Lipinski definition) is 10. The minimum Gasteiger partial charge on any atom is -0.486 e. The van der Waals surface area contributed by atoms with Gasteiger partial charge in [-0.05, 0) is 51.8 Å². The lowest BCUT2D eigenvalue weighted by atomic mass is 10.1. The van der Waals surface area contributed by atoms with E-state index >= 15 is 0 Å². The molecule has 0 radical (unpaired) electrons. The van der Waals surface area contributed by atoms with Crippen LogP contribution >= 0.6 is 0 Å². The third-order valence-electron chi connectivity index (χ3n) is 6.39. The Morgan fingerprint density at radius 3 is 2.55 bits per heavy atom. The Balaban J connectivity index is 2.01. The van der Waals surface area contributed by atoms with E-state index in [9.17, 15) is 36.3 Å². The molecule has 0 fully saturated rings. The molecule has 2 heterocycles. The Hall–Kier alpha value is -3.37. The normalized spacial score (nSPS) is 16.4. The molecule has 3 rings (SSSR count). The van der Waals surface area contributed by atoms with Crippen molar-refractivity contribution in [2.24, 2.45) is 0 Å². The summed E-state index contributed by atoms with van der Waals surface area (Å²) in [6.07, 6.45) is -5.87. The van der Waals surface area contributed by atoms with Gasteiger partial charge in [0.15, 0.2) is 4.90 Å². The van der Waals surface area contributed by atoms with E-state index in [4.69, 9.17) is 14.6 Å². The van der Waals surface area contributed by atoms with Crippen LogP contribution in [0.1, 0.15) is 46.1 Å². The van der Waals surface area contributed by atoms with Gasteiger partial charge >= 0.3 is 12.1 Å². The minimum absolute atomic E-state index is 0.0000444. The second kappa shape index (κ2) is 12.9. The number of benzene rings is 1. The smallest absolute Gasteiger partial charge is 0.427 e. The van der Waals surface area contributed by atoms with E-state index in [0.29, 0.717) is 0 Å². The number of carbonyl (C=O) groups is 2. The van der Waals surface area contributed by atoms with Crippen molar-refractivity contribution in [1.82, 2.24) is 9.78 Å². The summed E-state index contributed by atoms with van der Waals surface area (Å²) in [5, 5.41) is 22.9. The van der Waals surface area contributed by atoms with Crippen molar-refractivity contribution in [3.8, 4) is 11.6 Å². The molecule has 0 unspecified atom stereocenters. The first kappa shape index (κ1) is 33.1. The number of carbonyl (C=O) groups excluding carboxylic acids is 2. The fourth-order valence-electron chi connectivity index (χ4n) is 3.93. The van der Waals surface area contributed by atoms with Gasteiger partial charge in [0.25, 0.3) is 15.9 Å². The summed E-state index contributed by atoms with van der Waals surface area (Å²) in [6.45, 7) is 3.50. The van der Waals surface area contributed by atoms with E-state index in [0.717, 1.165) is 18.2 Å². The number of aromatic nitrogens is 2. The maximum absolute atomic E-state index is 14.1. The van der Waals surface area contributed by atoms with Gasteiger partial charge in [0.1, 0.15) is 30.3 Å². The van der Waals surface area contributed by atoms with Crippen molar-refractivity contribution in [3.05, 3.63) is 30.0 Å². The molecule has 1 aromatic heterocycles. The first-order chi connectivity index (χ1) is 19.5. The standard InChI is InChI=1S/C26H34F3N3O9S/c1-5-31-13-22(24(30-31)39-15-18(35)14-33)42(37,38)32-12-19(8-6-16(2)34)40-21-9-7-17(10-20(21)32)11-23(36)41-25(3,4)26(27,28)29/h7,9-10,13,18-19,33,35H,5-6,8,11-12,14-15H2,1-4H3/t18-,19-/m0/s1. The molecule has 0 bridgehead atoms. The fraction of sp³-hybridized carbons (Fsp3) is 0.577. The van der Waals surface area contributed by atoms with Crippen molar-refractivity contribution in [2.75, 3.05) is 24.1 Å². The van der Waals surface area contributed by atoms with Crippen LogP contribution in [0.15, 0.2) is 29.3 Å². The number of alkyl halides is 3. The topological polar surface area (TPSA) is 157 Å². The first-order valence-corrected chi connectivity index (χ1v) is 14.5. The highest BCUT2D eigenvalue weighted by Gasteiger charge is 2.50. The fourth-order valence-corrected chi connectivity index (χ4v) is 5.50. The number of hydrogen-bond donors (Lipinski definition) is 2. The predicted octanol–water partition coefficient (Wildman–Crippen LogP) is 2.39. The molecule has 2 aromatic rings. The van der Waals surface area contributed by atoms with Gasteiger partial charge in [-0.1, -0.05) is 6.07 Å². The summed E-state index contributed by atoms with van der Waals surface area (Å²) < 4.78 is 86.0. The highest BCUT2D eigenvalue weighted by Crippen LogP contribution is 2.40. The molecule has 0 aliphatic carbocycles. The van der Waals surface area contributed by atoms with Crippen LogP contribution < -0.4 is 13.8 Å². The number of fused-ring (bicyclic) bond motifs is 1. The molecule has 0 amide bonds. The number of halogens is 3. The van der Waals surface area contributed by atoms with Crippen LogP contribution in [0.3, 0.4) is 0 Å². The van der Waals surface area contributed by atoms with E-state index in [-0.39, 0.29) is 59.5 Å². The zero-order valence-corrected chi connectivity index (χ0v) is 24.4. The number of rotatable bonds is 13. The van der Waals surface area contributed by atoms with Crippen LogP contribution in [0.25, 0.3) is 0 Å². The van der Waals surface area contributed by atoms with Gasteiger partial charge in [0, 0.05) is 19.2 Å². The summed E-state index contributed by atoms with van der Waals surface area (Å²) in [5.41, 5.74) is -2.57. The maximum Gasteiger partial charge on any atom is 0.427 e. The highest BCUT2D eigenvalue weighted by molar-refractivity contribution is 7.93. The Kier molecular flexibility index (Phi) is 10.2. The number of anilines is 1. The molecule has 1 aliphatic rings. The van der Waals surface area contributed by atoms with Crippen LogP contribution in [0.2, 0.25) is 0 Å². The van der Waals surface area contributed by atoms with Crippen LogP contribution in [-0.4, -0.2) is 83.9 Å². The van der Waals surface area contributed by atoms with Gasteiger partial charge in [0.05, 0.1) is 25.3 Å². The SMILES string of the molecule is CCn1cc(S(=O)(=O)N2C[C@H](CCC(C)=O)Oc3ccc(CC(=O)OC(C)(C)C(F)(F)F)cc32)c(OC[C@@H](O)CO)n1. The van der Waals surface area contributed by atoms with Crippen LogP contribution in [0.5, 0.6) is 11.6 Å². The van der Waals surface area contributed by atoms with Gasteiger partial charge in [-0.2, -0.15) is 13.2 Å². The summed E-state index contributed by atoms with van der Waals surface area (Å²) >= 11 is 0.